The molecule has 1 amide bonds. The van der Waals surface area contributed by atoms with Gasteiger partial charge in [-0.05, 0) is 46.1 Å². The third-order valence-electron chi connectivity index (χ3n) is 3.50. The van der Waals surface area contributed by atoms with Crippen LogP contribution >= 0.6 is 11.8 Å². The van der Waals surface area contributed by atoms with Gasteiger partial charge < -0.3 is 16.2 Å². The van der Waals surface area contributed by atoms with Gasteiger partial charge in [-0.3, -0.25) is 9.59 Å². The molecule has 6 heteroatoms. The number of rotatable bonds is 7. The van der Waals surface area contributed by atoms with E-state index in [1.165, 1.54) is 0 Å². The summed E-state index contributed by atoms with van der Waals surface area (Å²) in [5.74, 6) is -0.453. The van der Waals surface area contributed by atoms with Crippen molar-refractivity contribution in [3.8, 4) is 0 Å². The van der Waals surface area contributed by atoms with Crippen molar-refractivity contribution >= 4 is 23.6 Å². The Kier molecular flexibility index (Phi) is 6.16. The normalized spacial score (nSPS) is 14.1. The third-order valence-corrected chi connectivity index (χ3v) is 4.15. The van der Waals surface area contributed by atoms with Gasteiger partial charge in [0.1, 0.15) is 0 Å². The number of carboxylic acids is 1. The highest BCUT2D eigenvalue weighted by atomic mass is 32.2. The maximum absolute atomic E-state index is 11.9. The Bertz CT molecular complexity index is 316. The summed E-state index contributed by atoms with van der Waals surface area (Å²) in [6, 6.07) is -0.596. The highest BCUT2D eigenvalue weighted by Crippen LogP contribution is 2.30. The van der Waals surface area contributed by atoms with Crippen molar-refractivity contribution in [3.05, 3.63) is 0 Å². The Morgan fingerprint density at radius 3 is 2.22 bits per heavy atom. The van der Waals surface area contributed by atoms with Gasteiger partial charge in [0.15, 0.2) is 0 Å². The number of hydrogen-bond acceptors (Lipinski definition) is 4. The topological polar surface area (TPSA) is 92.4 Å². The van der Waals surface area contributed by atoms with Crippen molar-refractivity contribution < 1.29 is 14.7 Å². The predicted molar refractivity (Wildman–Crippen MR) is 74.6 cm³/mol. The number of amides is 1. The Labute approximate surface area is 113 Å². The monoisotopic (exact) mass is 276 g/mol. The van der Waals surface area contributed by atoms with Crippen LogP contribution in [0.15, 0.2) is 0 Å². The van der Waals surface area contributed by atoms with Crippen LogP contribution in [0, 0.1) is 5.41 Å². The van der Waals surface area contributed by atoms with E-state index in [4.69, 9.17) is 5.73 Å². The SMILES string of the molecule is CSCC[C@@H](N)C(=O)NC(C)(C)C(C)(C)C(=O)O. The molecule has 4 N–H and O–H groups in total. The summed E-state index contributed by atoms with van der Waals surface area (Å²) >= 11 is 1.62. The molecular formula is C12H24N2O3S. The molecule has 0 heterocycles. The fourth-order valence-corrected chi connectivity index (χ4v) is 1.69. The number of aliphatic carboxylic acids is 1. The molecule has 0 unspecified atom stereocenters. The molecule has 0 aromatic carbocycles. The molecule has 0 aromatic heterocycles. The number of hydrogen-bond donors (Lipinski definition) is 3. The zero-order valence-electron chi connectivity index (χ0n) is 11.7. The lowest BCUT2D eigenvalue weighted by molar-refractivity contribution is -0.151. The van der Waals surface area contributed by atoms with Crippen molar-refractivity contribution in [2.24, 2.45) is 11.1 Å². The molecule has 18 heavy (non-hydrogen) atoms. The van der Waals surface area contributed by atoms with Gasteiger partial charge in [0, 0.05) is 0 Å². The minimum Gasteiger partial charge on any atom is -0.481 e. The van der Waals surface area contributed by atoms with Crippen molar-refractivity contribution in [2.45, 2.75) is 45.7 Å². The number of thioether (sulfide) groups is 1. The number of nitrogens with two attached hydrogens (primary N) is 1. The zero-order valence-corrected chi connectivity index (χ0v) is 12.6. The second-order valence-corrected chi connectivity index (χ2v) is 6.42. The summed E-state index contributed by atoms with van der Waals surface area (Å²) in [6.45, 7) is 6.56. The smallest absolute Gasteiger partial charge is 0.311 e. The molecule has 0 aliphatic carbocycles. The molecule has 106 valence electrons. The maximum atomic E-state index is 11.9. The number of carbonyl (C=O) groups excluding carboxylic acids is 1. The van der Waals surface area contributed by atoms with E-state index in [0.29, 0.717) is 6.42 Å². The van der Waals surface area contributed by atoms with Gasteiger partial charge >= 0.3 is 5.97 Å². The predicted octanol–water partition coefficient (Wildman–Crippen LogP) is 1.07. The van der Waals surface area contributed by atoms with E-state index in [2.05, 4.69) is 5.32 Å². The first-order valence-corrected chi connectivity index (χ1v) is 7.25. The van der Waals surface area contributed by atoms with Gasteiger partial charge in [-0.2, -0.15) is 11.8 Å². The van der Waals surface area contributed by atoms with Crippen LogP contribution in [0.25, 0.3) is 0 Å². The summed E-state index contributed by atoms with van der Waals surface area (Å²) in [4.78, 5) is 23.1. The van der Waals surface area contributed by atoms with E-state index in [0.717, 1.165) is 5.75 Å². The number of carboxylic acid groups (broad SMARTS) is 1. The standard InChI is InChI=1S/C12H24N2O3S/c1-11(2,10(16)17)12(3,4)14-9(15)8(13)6-7-18-5/h8H,6-7,13H2,1-5H3,(H,14,15)(H,16,17)/t8-/m1/s1. The fraction of sp³-hybridized carbons (Fsp3) is 0.833. The molecule has 1 atom stereocenters. The van der Waals surface area contributed by atoms with E-state index in [1.54, 1.807) is 39.5 Å². The van der Waals surface area contributed by atoms with Gasteiger partial charge in [-0.25, -0.2) is 0 Å². The zero-order chi connectivity index (χ0) is 14.6. The molecule has 0 fully saturated rings. The minimum atomic E-state index is -1.07. The van der Waals surface area contributed by atoms with Crippen LogP contribution in [0.4, 0.5) is 0 Å². The summed E-state index contributed by atoms with van der Waals surface area (Å²) < 4.78 is 0. The van der Waals surface area contributed by atoms with Crippen LogP contribution in [0.1, 0.15) is 34.1 Å². The van der Waals surface area contributed by atoms with Crippen molar-refractivity contribution in [1.82, 2.24) is 5.32 Å². The van der Waals surface area contributed by atoms with Gasteiger partial charge in [-0.1, -0.05) is 0 Å². The van der Waals surface area contributed by atoms with E-state index >= 15 is 0 Å². The Hall–Kier alpha value is -0.750. The van der Waals surface area contributed by atoms with Crippen LogP contribution in [-0.2, 0) is 9.59 Å². The molecule has 0 aliphatic heterocycles. The summed E-state index contributed by atoms with van der Waals surface area (Å²) in [5, 5.41) is 11.9. The van der Waals surface area contributed by atoms with Crippen LogP contribution in [0.3, 0.4) is 0 Å². The number of nitrogens with one attached hydrogen (secondary N) is 1. The molecular weight excluding hydrogens is 252 g/mol. The lowest BCUT2D eigenvalue weighted by Crippen LogP contribution is -2.59. The Morgan fingerprint density at radius 2 is 1.83 bits per heavy atom. The molecule has 0 aliphatic rings. The molecule has 0 saturated heterocycles. The second-order valence-electron chi connectivity index (χ2n) is 5.43. The van der Waals surface area contributed by atoms with E-state index in [1.807, 2.05) is 6.26 Å². The third kappa shape index (κ3) is 4.17. The van der Waals surface area contributed by atoms with Gasteiger partial charge in [0.25, 0.3) is 0 Å². The highest BCUT2D eigenvalue weighted by molar-refractivity contribution is 7.98. The average Bonchev–Trinajstić information content (AvgIpc) is 2.24. The van der Waals surface area contributed by atoms with Crippen LogP contribution < -0.4 is 11.1 Å². The summed E-state index contributed by atoms with van der Waals surface area (Å²) in [6.07, 6.45) is 2.53. The van der Waals surface area contributed by atoms with Crippen molar-refractivity contribution in [2.75, 3.05) is 12.0 Å². The van der Waals surface area contributed by atoms with Crippen molar-refractivity contribution in [1.29, 1.82) is 0 Å². The number of carbonyl (C=O) groups is 2. The van der Waals surface area contributed by atoms with Crippen molar-refractivity contribution in [3.63, 3.8) is 0 Å². The van der Waals surface area contributed by atoms with Gasteiger partial charge in [0.05, 0.1) is 17.0 Å². The molecule has 0 radical (unpaired) electrons. The van der Waals surface area contributed by atoms with Crippen LogP contribution in [-0.4, -0.2) is 40.6 Å². The molecule has 5 nitrogen and oxygen atoms in total. The molecule has 0 rings (SSSR count). The van der Waals surface area contributed by atoms with Gasteiger partial charge in [-0.15, -0.1) is 0 Å². The van der Waals surface area contributed by atoms with E-state index in [9.17, 15) is 14.7 Å². The minimum absolute atomic E-state index is 0.302. The molecule has 0 aromatic rings. The quantitative estimate of drug-likeness (QED) is 0.647. The van der Waals surface area contributed by atoms with Gasteiger partial charge in [0.2, 0.25) is 5.91 Å². The Balaban J connectivity index is 4.67. The summed E-state index contributed by atoms with van der Waals surface area (Å²) in [7, 11) is 0. The molecule has 0 spiro atoms. The van der Waals surface area contributed by atoms with E-state index < -0.39 is 23.0 Å². The van der Waals surface area contributed by atoms with Crippen LogP contribution in [0.5, 0.6) is 0 Å². The Morgan fingerprint density at radius 1 is 1.33 bits per heavy atom. The lowest BCUT2D eigenvalue weighted by atomic mass is 9.74. The first kappa shape index (κ1) is 17.2. The molecule has 0 saturated carbocycles. The maximum Gasteiger partial charge on any atom is 0.311 e. The van der Waals surface area contributed by atoms with Crippen LogP contribution in [0.2, 0.25) is 0 Å². The first-order chi connectivity index (χ1) is 8.06. The highest BCUT2D eigenvalue weighted by Gasteiger charge is 2.44. The fourth-order valence-electron chi connectivity index (χ4n) is 1.20. The molecule has 0 bridgehead atoms. The lowest BCUT2D eigenvalue weighted by Gasteiger charge is -2.39. The first-order valence-electron chi connectivity index (χ1n) is 5.86. The largest absolute Gasteiger partial charge is 0.481 e. The summed E-state index contributed by atoms with van der Waals surface area (Å²) in [5.41, 5.74) is 3.82. The van der Waals surface area contributed by atoms with E-state index in [-0.39, 0.29) is 5.91 Å². The average molecular weight is 276 g/mol. The second kappa shape index (κ2) is 6.43.